The maximum atomic E-state index is 12.2. The summed E-state index contributed by atoms with van der Waals surface area (Å²) in [6.07, 6.45) is 0.772. The van der Waals surface area contributed by atoms with Crippen LogP contribution in [0.4, 0.5) is 5.69 Å². The molecule has 3 N–H and O–H groups in total. The number of nitrogens with two attached hydrogens (primary N) is 1. The standard InChI is InChI=1S/C15H24N2O3S/c1-4-11(2)10-21(19,20)12(3)15(18)17-14-7-5-13(9-16)6-8-14/h5-8,11-12H,4,9-10,16H2,1-3H3,(H,17,18). The second kappa shape index (κ2) is 7.56. The highest BCUT2D eigenvalue weighted by Gasteiger charge is 2.29. The van der Waals surface area contributed by atoms with Crippen molar-refractivity contribution in [2.45, 2.75) is 39.0 Å². The van der Waals surface area contributed by atoms with Crippen molar-refractivity contribution in [3.05, 3.63) is 29.8 Å². The summed E-state index contributed by atoms with van der Waals surface area (Å²) in [5.41, 5.74) is 7.02. The molecule has 0 heterocycles. The normalized spacial score (nSPS) is 14.5. The van der Waals surface area contributed by atoms with Crippen LogP contribution in [-0.2, 0) is 21.2 Å². The van der Waals surface area contributed by atoms with E-state index in [4.69, 9.17) is 5.73 Å². The molecule has 2 unspecified atom stereocenters. The van der Waals surface area contributed by atoms with E-state index < -0.39 is 21.0 Å². The first kappa shape index (κ1) is 17.7. The van der Waals surface area contributed by atoms with Gasteiger partial charge in [-0.05, 0) is 30.5 Å². The highest BCUT2D eigenvalue weighted by atomic mass is 32.2. The quantitative estimate of drug-likeness (QED) is 0.805. The Morgan fingerprint density at radius 2 is 1.81 bits per heavy atom. The van der Waals surface area contributed by atoms with E-state index in [9.17, 15) is 13.2 Å². The average Bonchev–Trinajstić information content (AvgIpc) is 2.46. The van der Waals surface area contributed by atoms with Crippen LogP contribution in [0, 0.1) is 5.92 Å². The minimum absolute atomic E-state index is 0.0319. The molecular weight excluding hydrogens is 288 g/mol. The fraction of sp³-hybridized carbons (Fsp3) is 0.533. The molecule has 0 aliphatic heterocycles. The number of hydrogen-bond donors (Lipinski definition) is 2. The number of nitrogens with one attached hydrogen (secondary N) is 1. The summed E-state index contributed by atoms with van der Waals surface area (Å²) >= 11 is 0. The van der Waals surface area contributed by atoms with Gasteiger partial charge in [0, 0.05) is 12.2 Å². The van der Waals surface area contributed by atoms with Gasteiger partial charge in [-0.3, -0.25) is 4.79 Å². The van der Waals surface area contributed by atoms with Gasteiger partial charge in [0.2, 0.25) is 5.91 Å². The van der Waals surface area contributed by atoms with Crippen molar-refractivity contribution in [3.63, 3.8) is 0 Å². The first-order valence-corrected chi connectivity index (χ1v) is 8.83. The predicted molar refractivity (Wildman–Crippen MR) is 85.7 cm³/mol. The van der Waals surface area contributed by atoms with Gasteiger partial charge in [0.15, 0.2) is 9.84 Å². The predicted octanol–water partition coefficient (Wildman–Crippen LogP) is 1.93. The molecule has 1 aromatic carbocycles. The lowest BCUT2D eigenvalue weighted by molar-refractivity contribution is -0.115. The van der Waals surface area contributed by atoms with Gasteiger partial charge in [-0.15, -0.1) is 0 Å². The second-order valence-corrected chi connectivity index (χ2v) is 7.74. The number of carbonyl (C=O) groups is 1. The van der Waals surface area contributed by atoms with Crippen molar-refractivity contribution >= 4 is 21.4 Å². The van der Waals surface area contributed by atoms with Gasteiger partial charge >= 0.3 is 0 Å². The zero-order valence-corrected chi connectivity index (χ0v) is 13.6. The average molecular weight is 312 g/mol. The summed E-state index contributed by atoms with van der Waals surface area (Å²) in [6, 6.07) is 7.03. The Labute approximate surface area is 126 Å². The molecule has 0 bridgehead atoms. The molecule has 2 atom stereocenters. The van der Waals surface area contributed by atoms with Crippen LogP contribution in [0.3, 0.4) is 0 Å². The minimum Gasteiger partial charge on any atom is -0.326 e. The smallest absolute Gasteiger partial charge is 0.242 e. The number of benzene rings is 1. The van der Waals surface area contributed by atoms with E-state index in [0.29, 0.717) is 12.2 Å². The molecular formula is C15H24N2O3S. The highest BCUT2D eigenvalue weighted by Crippen LogP contribution is 2.14. The van der Waals surface area contributed by atoms with Gasteiger partial charge in [0.1, 0.15) is 5.25 Å². The minimum atomic E-state index is -3.44. The summed E-state index contributed by atoms with van der Waals surface area (Å²) in [5.74, 6) is -0.419. The fourth-order valence-electron chi connectivity index (χ4n) is 1.79. The molecule has 0 radical (unpaired) electrons. The summed E-state index contributed by atoms with van der Waals surface area (Å²) in [5, 5.41) is 1.58. The van der Waals surface area contributed by atoms with Gasteiger partial charge in [0.25, 0.3) is 0 Å². The monoisotopic (exact) mass is 312 g/mol. The molecule has 0 aliphatic rings. The molecule has 6 heteroatoms. The fourth-order valence-corrected chi connectivity index (χ4v) is 3.49. The Morgan fingerprint density at radius 1 is 1.24 bits per heavy atom. The van der Waals surface area contributed by atoms with Crippen LogP contribution >= 0.6 is 0 Å². The largest absolute Gasteiger partial charge is 0.326 e. The highest BCUT2D eigenvalue weighted by molar-refractivity contribution is 7.92. The number of sulfone groups is 1. The maximum absolute atomic E-state index is 12.2. The van der Waals surface area contributed by atoms with Crippen molar-refractivity contribution < 1.29 is 13.2 Å². The van der Waals surface area contributed by atoms with E-state index in [-0.39, 0.29) is 11.7 Å². The first-order chi connectivity index (χ1) is 9.80. The van der Waals surface area contributed by atoms with E-state index in [1.807, 2.05) is 13.8 Å². The van der Waals surface area contributed by atoms with E-state index in [0.717, 1.165) is 12.0 Å². The number of hydrogen-bond acceptors (Lipinski definition) is 4. The molecule has 0 saturated carbocycles. The van der Waals surface area contributed by atoms with Gasteiger partial charge in [-0.1, -0.05) is 32.4 Å². The van der Waals surface area contributed by atoms with Crippen molar-refractivity contribution in [1.82, 2.24) is 0 Å². The van der Waals surface area contributed by atoms with E-state index in [1.54, 1.807) is 24.3 Å². The zero-order chi connectivity index (χ0) is 16.0. The molecule has 0 fully saturated rings. The molecule has 5 nitrogen and oxygen atoms in total. The van der Waals surface area contributed by atoms with Crippen LogP contribution < -0.4 is 11.1 Å². The topological polar surface area (TPSA) is 89.3 Å². The Hall–Kier alpha value is -1.40. The first-order valence-electron chi connectivity index (χ1n) is 7.11. The number of rotatable bonds is 7. The molecule has 118 valence electrons. The number of carbonyl (C=O) groups excluding carboxylic acids is 1. The summed E-state index contributed by atoms with van der Waals surface area (Å²) in [6.45, 7) is 5.66. The molecule has 1 rings (SSSR count). The van der Waals surface area contributed by atoms with E-state index >= 15 is 0 Å². The van der Waals surface area contributed by atoms with Crippen molar-refractivity contribution in [2.75, 3.05) is 11.1 Å². The van der Waals surface area contributed by atoms with Crippen molar-refractivity contribution in [2.24, 2.45) is 11.7 Å². The van der Waals surface area contributed by atoms with Crippen LogP contribution in [0.1, 0.15) is 32.8 Å². The molecule has 1 aromatic rings. The second-order valence-electron chi connectivity index (χ2n) is 5.38. The van der Waals surface area contributed by atoms with Crippen molar-refractivity contribution in [3.8, 4) is 0 Å². The third-order valence-electron chi connectivity index (χ3n) is 3.58. The van der Waals surface area contributed by atoms with Crippen LogP contribution in [0.2, 0.25) is 0 Å². The Morgan fingerprint density at radius 3 is 2.29 bits per heavy atom. The lowest BCUT2D eigenvalue weighted by Crippen LogP contribution is -2.35. The Balaban J connectivity index is 2.73. The van der Waals surface area contributed by atoms with Gasteiger partial charge in [0.05, 0.1) is 5.75 Å². The van der Waals surface area contributed by atoms with Crippen LogP contribution in [0.5, 0.6) is 0 Å². The van der Waals surface area contributed by atoms with E-state index in [1.165, 1.54) is 6.92 Å². The summed E-state index contributed by atoms with van der Waals surface area (Å²) in [7, 11) is -3.44. The van der Waals surface area contributed by atoms with Crippen molar-refractivity contribution in [1.29, 1.82) is 0 Å². The van der Waals surface area contributed by atoms with E-state index in [2.05, 4.69) is 5.32 Å². The summed E-state index contributed by atoms with van der Waals surface area (Å²) < 4.78 is 24.3. The van der Waals surface area contributed by atoms with Gasteiger partial charge < -0.3 is 11.1 Å². The number of amides is 1. The molecule has 21 heavy (non-hydrogen) atoms. The lowest BCUT2D eigenvalue weighted by atomic mass is 10.2. The lowest BCUT2D eigenvalue weighted by Gasteiger charge is -2.16. The van der Waals surface area contributed by atoms with Crippen LogP contribution in [0.15, 0.2) is 24.3 Å². The van der Waals surface area contributed by atoms with Gasteiger partial charge in [-0.25, -0.2) is 8.42 Å². The SMILES string of the molecule is CCC(C)CS(=O)(=O)C(C)C(=O)Nc1ccc(CN)cc1. The number of anilines is 1. The van der Waals surface area contributed by atoms with Crippen LogP contribution in [-0.4, -0.2) is 25.3 Å². The molecule has 1 amide bonds. The Bertz CT molecular complexity index is 567. The molecule has 0 aliphatic carbocycles. The molecule has 0 saturated heterocycles. The third-order valence-corrected chi connectivity index (χ3v) is 5.90. The maximum Gasteiger partial charge on any atom is 0.242 e. The molecule has 0 spiro atoms. The molecule has 0 aromatic heterocycles. The Kier molecular flexibility index (Phi) is 6.36. The van der Waals surface area contributed by atoms with Crippen LogP contribution in [0.25, 0.3) is 0 Å². The van der Waals surface area contributed by atoms with Gasteiger partial charge in [-0.2, -0.15) is 0 Å². The summed E-state index contributed by atoms with van der Waals surface area (Å²) in [4.78, 5) is 12.1. The zero-order valence-electron chi connectivity index (χ0n) is 12.8. The third kappa shape index (κ3) is 5.13.